The fourth-order valence-electron chi connectivity index (χ4n) is 6.23. The van der Waals surface area contributed by atoms with Crippen LogP contribution in [-0.2, 0) is 0 Å². The third-order valence-corrected chi connectivity index (χ3v) is 13.1. The second-order valence-electron chi connectivity index (χ2n) is 10.8. The highest BCUT2D eigenvalue weighted by Crippen LogP contribution is 2.30. The van der Waals surface area contributed by atoms with E-state index >= 15 is 0 Å². The van der Waals surface area contributed by atoms with Crippen LogP contribution >= 0.6 is 0 Å². The highest BCUT2D eigenvalue weighted by Gasteiger charge is 2.41. The molecule has 0 bridgehead atoms. The summed E-state index contributed by atoms with van der Waals surface area (Å²) in [5.41, 5.74) is 5.26. The molecular weight excluding hydrogens is 568 g/mol. The number of nitrogens with zero attached hydrogens (tertiary/aromatic N) is 1. The van der Waals surface area contributed by atoms with Crippen LogP contribution < -0.4 is 20.7 Å². The molecule has 0 amide bonds. The molecule has 1 aromatic heterocycles. The Balaban J connectivity index is 1.39. The number of pyridine rings is 1. The molecule has 0 aliphatic heterocycles. The molecule has 0 aliphatic rings. The topological polar surface area (TPSA) is 12.9 Å². The molecule has 0 radical (unpaired) electrons. The summed E-state index contributed by atoms with van der Waals surface area (Å²) in [7, 11) is -3.09. The van der Waals surface area contributed by atoms with Gasteiger partial charge in [0.1, 0.15) is 17.5 Å². The molecule has 44 heavy (non-hydrogen) atoms. The van der Waals surface area contributed by atoms with Crippen LogP contribution in [0.2, 0.25) is 0 Å². The minimum absolute atomic E-state index is 0.341. The van der Waals surface area contributed by atoms with Gasteiger partial charge in [0.15, 0.2) is 8.07 Å². The molecule has 1 nitrogen and oxygen atoms in total. The quantitative estimate of drug-likeness (QED) is 0.145. The third kappa shape index (κ3) is 4.91. The van der Waals surface area contributed by atoms with Crippen molar-refractivity contribution in [3.8, 4) is 22.3 Å². The Hall–Kier alpha value is -5.26. The first-order chi connectivity index (χ1) is 21.5. The summed E-state index contributed by atoms with van der Waals surface area (Å²) < 4.78 is 42.5. The number of halogens is 3. The molecule has 0 spiro atoms. The fraction of sp³-hybridized carbons (Fsp3) is 0. The van der Waals surface area contributed by atoms with Crippen LogP contribution in [0.25, 0.3) is 33.2 Å². The van der Waals surface area contributed by atoms with Gasteiger partial charge in [-0.1, -0.05) is 97.1 Å². The molecule has 0 N–H and O–H groups in total. The Morgan fingerprint density at radius 2 is 0.886 bits per heavy atom. The van der Waals surface area contributed by atoms with Gasteiger partial charge < -0.3 is 0 Å². The number of fused-ring (bicyclic) bond motifs is 1. The lowest BCUT2D eigenvalue weighted by Crippen LogP contribution is -2.74. The van der Waals surface area contributed by atoms with E-state index in [9.17, 15) is 13.2 Å². The first-order valence-corrected chi connectivity index (χ1v) is 16.4. The van der Waals surface area contributed by atoms with E-state index in [4.69, 9.17) is 0 Å². The highest BCUT2D eigenvalue weighted by atomic mass is 28.3. The number of hydrogen-bond donors (Lipinski definition) is 0. The maximum atomic E-state index is 14.2. The van der Waals surface area contributed by atoms with Crippen LogP contribution in [-0.4, -0.2) is 13.1 Å². The zero-order valence-electron chi connectivity index (χ0n) is 23.6. The van der Waals surface area contributed by atoms with Crippen molar-refractivity contribution in [2.45, 2.75) is 0 Å². The Morgan fingerprint density at radius 1 is 0.409 bits per heavy atom. The molecule has 0 atom stereocenters. The predicted octanol–water partition coefficient (Wildman–Crippen LogP) is 7.36. The van der Waals surface area contributed by atoms with Crippen molar-refractivity contribution in [3.63, 3.8) is 0 Å². The van der Waals surface area contributed by atoms with Crippen molar-refractivity contribution >= 4 is 39.7 Å². The van der Waals surface area contributed by atoms with E-state index < -0.39 is 8.07 Å². The van der Waals surface area contributed by atoms with Crippen LogP contribution in [0.1, 0.15) is 0 Å². The maximum Gasteiger partial charge on any atom is 0.179 e. The molecular formula is C39H26F3NSi. The Kier molecular flexibility index (Phi) is 7.16. The van der Waals surface area contributed by atoms with E-state index in [2.05, 4.69) is 59.6 Å². The van der Waals surface area contributed by atoms with Gasteiger partial charge in [-0.2, -0.15) is 0 Å². The number of hydrogen-bond acceptors (Lipinski definition) is 1. The lowest BCUT2D eigenvalue weighted by atomic mass is 9.97. The van der Waals surface area contributed by atoms with E-state index in [1.54, 1.807) is 36.4 Å². The van der Waals surface area contributed by atoms with E-state index in [1.165, 1.54) is 36.4 Å². The van der Waals surface area contributed by atoms with Crippen LogP contribution in [0.15, 0.2) is 158 Å². The van der Waals surface area contributed by atoms with Gasteiger partial charge in [-0.25, -0.2) is 13.2 Å². The van der Waals surface area contributed by atoms with E-state index in [1.807, 2.05) is 30.5 Å². The van der Waals surface area contributed by atoms with Crippen LogP contribution in [0.5, 0.6) is 0 Å². The standard InChI is InChI=1S/C39H26F3NSi/c40-30-10-18-34(19-11-30)44(35-20-12-31(41)13-21-35,36-22-14-32(42)15-23-36)33-16-8-27(9-17-33)28-4-3-5-29(26-28)37-24-25-43-39-7-2-1-6-38(37)39/h1-26H. The average Bonchev–Trinajstić information content (AvgIpc) is 3.07. The van der Waals surface area contributed by atoms with Crippen molar-refractivity contribution in [1.29, 1.82) is 0 Å². The highest BCUT2D eigenvalue weighted by molar-refractivity contribution is 7.19. The molecule has 0 fully saturated rings. The first-order valence-electron chi connectivity index (χ1n) is 14.4. The lowest BCUT2D eigenvalue weighted by Gasteiger charge is -2.34. The molecule has 212 valence electrons. The molecule has 7 aromatic rings. The first kappa shape index (κ1) is 27.6. The van der Waals surface area contributed by atoms with E-state index in [-0.39, 0.29) is 17.5 Å². The van der Waals surface area contributed by atoms with Crippen molar-refractivity contribution in [2.75, 3.05) is 0 Å². The molecule has 6 aromatic carbocycles. The summed E-state index contributed by atoms with van der Waals surface area (Å²) >= 11 is 0. The van der Waals surface area contributed by atoms with Gasteiger partial charge in [0.2, 0.25) is 0 Å². The van der Waals surface area contributed by atoms with Crippen LogP contribution in [0.4, 0.5) is 13.2 Å². The summed E-state index contributed by atoms with van der Waals surface area (Å²) in [5.74, 6) is -1.02. The lowest BCUT2D eigenvalue weighted by molar-refractivity contribution is 0.628. The predicted molar refractivity (Wildman–Crippen MR) is 176 cm³/mol. The Morgan fingerprint density at radius 3 is 1.43 bits per heavy atom. The Labute approximate surface area is 254 Å². The number of aromatic nitrogens is 1. The molecule has 7 rings (SSSR count). The number of rotatable bonds is 6. The maximum absolute atomic E-state index is 14.2. The van der Waals surface area contributed by atoms with Gasteiger partial charge in [0.05, 0.1) is 5.52 Å². The summed E-state index contributed by atoms with van der Waals surface area (Å²) in [5, 5.41) is 4.85. The fourth-order valence-corrected chi connectivity index (χ4v) is 10.9. The zero-order chi connectivity index (χ0) is 30.1. The summed E-state index contributed by atoms with van der Waals surface area (Å²) in [4.78, 5) is 4.51. The molecule has 5 heteroatoms. The van der Waals surface area contributed by atoms with Crippen molar-refractivity contribution < 1.29 is 13.2 Å². The average molecular weight is 594 g/mol. The smallest absolute Gasteiger partial charge is 0.179 e. The normalized spacial score (nSPS) is 11.5. The summed E-state index contributed by atoms with van der Waals surface area (Å²) in [6.45, 7) is 0. The van der Waals surface area contributed by atoms with Crippen LogP contribution in [0, 0.1) is 17.5 Å². The monoisotopic (exact) mass is 593 g/mol. The van der Waals surface area contributed by atoms with E-state index in [0.717, 1.165) is 53.9 Å². The third-order valence-electron chi connectivity index (χ3n) is 8.31. The van der Waals surface area contributed by atoms with Gasteiger partial charge in [-0.05, 0) is 97.6 Å². The van der Waals surface area contributed by atoms with Gasteiger partial charge in [0, 0.05) is 11.6 Å². The Bertz CT molecular complexity index is 1960. The van der Waals surface area contributed by atoms with Gasteiger partial charge in [0.25, 0.3) is 0 Å². The minimum atomic E-state index is -3.09. The largest absolute Gasteiger partial charge is 0.256 e. The molecule has 0 saturated heterocycles. The minimum Gasteiger partial charge on any atom is -0.256 e. The van der Waals surface area contributed by atoms with Gasteiger partial charge in [-0.15, -0.1) is 0 Å². The zero-order valence-corrected chi connectivity index (χ0v) is 24.6. The second kappa shape index (κ2) is 11.4. The molecule has 1 heterocycles. The number of benzene rings is 6. The SMILES string of the molecule is Fc1ccc([Si](c2ccc(F)cc2)(c2ccc(F)cc2)c2ccc(-c3cccc(-c4ccnc5ccccc45)c3)cc2)cc1. The molecule has 0 saturated carbocycles. The molecule has 0 unspecified atom stereocenters. The molecule has 0 aliphatic carbocycles. The van der Waals surface area contributed by atoms with Gasteiger partial charge in [-0.3, -0.25) is 4.98 Å². The van der Waals surface area contributed by atoms with Gasteiger partial charge >= 0.3 is 0 Å². The van der Waals surface area contributed by atoms with Crippen LogP contribution in [0.3, 0.4) is 0 Å². The summed E-state index contributed by atoms with van der Waals surface area (Å²) in [6, 6.07) is 46.5. The van der Waals surface area contributed by atoms with E-state index in [0.29, 0.717) is 0 Å². The summed E-state index contributed by atoms with van der Waals surface area (Å²) in [6.07, 6.45) is 1.84. The number of para-hydroxylation sites is 1. The van der Waals surface area contributed by atoms with Crippen molar-refractivity contribution in [3.05, 3.63) is 175 Å². The van der Waals surface area contributed by atoms with Crippen molar-refractivity contribution in [2.24, 2.45) is 0 Å². The second-order valence-corrected chi connectivity index (χ2v) is 14.6. The van der Waals surface area contributed by atoms with Crippen molar-refractivity contribution in [1.82, 2.24) is 4.98 Å².